The Morgan fingerprint density at radius 3 is 1.59 bits per heavy atom. The molecule has 1 heterocycles. The molecule has 6 nitrogen and oxygen atoms in total. The number of benzene rings is 3. The van der Waals surface area contributed by atoms with Crippen LogP contribution < -0.4 is 0 Å². The number of alkyl halides is 2. The fourth-order valence-electron chi connectivity index (χ4n) is 6.57. The summed E-state index contributed by atoms with van der Waals surface area (Å²) >= 11 is 14.9. The van der Waals surface area contributed by atoms with Crippen molar-refractivity contribution in [2.75, 3.05) is 6.61 Å². The second-order valence-corrected chi connectivity index (χ2v) is 11.8. The van der Waals surface area contributed by atoms with Gasteiger partial charge in [-0.1, -0.05) is 92.7 Å². The SMILES string of the molecule is CC(C)[C@@H](C(=O)OCC(=O)c1ccccc1)N1C(=O)[C@@H]2[C@@H](C1=O)C1(Cl)c3ccccc3C2(Cl)c2ccccc21. The largest absolute Gasteiger partial charge is 0.456 e. The van der Waals surface area contributed by atoms with Crippen molar-refractivity contribution in [3.8, 4) is 0 Å². The highest BCUT2D eigenvalue weighted by molar-refractivity contribution is 6.36. The number of amides is 2. The molecule has 7 rings (SSSR count). The van der Waals surface area contributed by atoms with E-state index in [9.17, 15) is 19.2 Å². The molecule has 0 radical (unpaired) electrons. The van der Waals surface area contributed by atoms with Crippen molar-refractivity contribution in [3.63, 3.8) is 0 Å². The molecule has 8 heteroatoms. The minimum absolute atomic E-state index is 0.387. The Morgan fingerprint density at radius 1 is 0.769 bits per heavy atom. The van der Waals surface area contributed by atoms with Crippen LogP contribution in [-0.4, -0.2) is 41.1 Å². The molecule has 0 spiro atoms. The third kappa shape index (κ3) is 3.41. The van der Waals surface area contributed by atoms with Gasteiger partial charge in [0.15, 0.2) is 12.4 Å². The van der Waals surface area contributed by atoms with Crippen molar-refractivity contribution in [1.82, 2.24) is 4.90 Å². The minimum atomic E-state index is -1.34. The van der Waals surface area contributed by atoms with E-state index in [2.05, 4.69) is 0 Å². The van der Waals surface area contributed by atoms with Gasteiger partial charge in [0.25, 0.3) is 0 Å². The molecule has 39 heavy (non-hydrogen) atoms. The molecule has 3 atom stereocenters. The monoisotopic (exact) mass is 561 g/mol. The second-order valence-electron chi connectivity index (χ2n) is 10.6. The molecule has 1 aliphatic heterocycles. The van der Waals surface area contributed by atoms with Gasteiger partial charge in [-0.15, -0.1) is 23.2 Å². The lowest BCUT2D eigenvalue weighted by atomic mass is 9.54. The molecule has 3 aromatic rings. The normalized spacial score (nSPS) is 27.2. The second kappa shape index (κ2) is 9.04. The minimum Gasteiger partial charge on any atom is -0.456 e. The van der Waals surface area contributed by atoms with Gasteiger partial charge in [0, 0.05) is 5.56 Å². The summed E-state index contributed by atoms with van der Waals surface area (Å²) in [4.78, 5) is 52.7. The van der Waals surface area contributed by atoms with Crippen LogP contribution >= 0.6 is 23.2 Å². The zero-order valence-electron chi connectivity index (χ0n) is 21.3. The molecule has 2 amide bonds. The van der Waals surface area contributed by atoms with E-state index < -0.39 is 57.9 Å². The Balaban J connectivity index is 1.39. The maximum Gasteiger partial charge on any atom is 0.330 e. The van der Waals surface area contributed by atoms with E-state index in [0.29, 0.717) is 27.8 Å². The Labute approximate surface area is 235 Å². The highest BCUT2D eigenvalue weighted by atomic mass is 35.5. The summed E-state index contributed by atoms with van der Waals surface area (Å²) in [5.74, 6) is -4.88. The number of hydrogen-bond acceptors (Lipinski definition) is 5. The molecular weight excluding hydrogens is 537 g/mol. The number of carbonyl (C=O) groups excluding carboxylic acids is 4. The van der Waals surface area contributed by atoms with E-state index in [4.69, 9.17) is 27.9 Å². The number of likely N-dealkylation sites (tertiary alicyclic amines) is 1. The summed E-state index contributed by atoms with van der Waals surface area (Å²) in [6.07, 6.45) is 0. The quantitative estimate of drug-likeness (QED) is 0.182. The van der Waals surface area contributed by atoms with Gasteiger partial charge in [0.1, 0.15) is 15.8 Å². The summed E-state index contributed by atoms with van der Waals surface area (Å²) in [5, 5.41) is 0. The third-order valence-electron chi connectivity index (χ3n) is 8.21. The predicted molar refractivity (Wildman–Crippen MR) is 145 cm³/mol. The van der Waals surface area contributed by atoms with Gasteiger partial charge >= 0.3 is 5.97 Å². The van der Waals surface area contributed by atoms with Crippen LogP contribution in [0, 0.1) is 17.8 Å². The van der Waals surface area contributed by atoms with E-state index in [0.717, 1.165) is 4.90 Å². The first-order valence-corrected chi connectivity index (χ1v) is 13.6. The van der Waals surface area contributed by atoms with Crippen LogP contribution in [0.1, 0.15) is 46.5 Å². The van der Waals surface area contributed by atoms with Crippen LogP contribution in [0.2, 0.25) is 0 Å². The Morgan fingerprint density at radius 2 is 1.18 bits per heavy atom. The van der Waals surface area contributed by atoms with Crippen LogP contribution in [0.5, 0.6) is 0 Å². The zero-order valence-corrected chi connectivity index (χ0v) is 22.8. The van der Waals surface area contributed by atoms with Gasteiger partial charge in [-0.05, 0) is 28.2 Å². The van der Waals surface area contributed by atoms with Gasteiger partial charge in [0.2, 0.25) is 11.8 Å². The zero-order chi connectivity index (χ0) is 27.7. The average molecular weight is 562 g/mol. The van der Waals surface area contributed by atoms with Crippen molar-refractivity contribution in [2.45, 2.75) is 29.6 Å². The lowest BCUT2D eigenvalue weighted by Gasteiger charge is -2.54. The first-order chi connectivity index (χ1) is 18.6. The number of rotatable bonds is 6. The van der Waals surface area contributed by atoms with E-state index >= 15 is 0 Å². The number of halogens is 2. The fraction of sp³-hybridized carbons (Fsp3) is 0.290. The molecular formula is C31H25Cl2NO5. The number of carbonyl (C=O) groups is 4. The summed E-state index contributed by atoms with van der Waals surface area (Å²) in [5.41, 5.74) is 3.12. The average Bonchev–Trinajstić information content (AvgIpc) is 3.21. The van der Waals surface area contributed by atoms with E-state index in [1.54, 1.807) is 44.2 Å². The molecule has 198 valence electrons. The number of ketones is 1. The number of ether oxygens (including phenoxy) is 1. The van der Waals surface area contributed by atoms with E-state index in [-0.39, 0.29) is 5.78 Å². The number of Topliss-reactive ketones (excluding diaryl/α,β-unsaturated/α-hetero) is 1. The summed E-state index contributed by atoms with van der Waals surface area (Å²) < 4.78 is 5.39. The number of nitrogens with zero attached hydrogens (tertiary/aromatic N) is 1. The van der Waals surface area contributed by atoms with Crippen LogP contribution in [-0.2, 0) is 28.9 Å². The number of hydrogen-bond donors (Lipinski definition) is 0. The Kier molecular flexibility index (Phi) is 5.97. The van der Waals surface area contributed by atoms with Gasteiger partial charge in [-0.25, -0.2) is 4.79 Å². The van der Waals surface area contributed by atoms with Crippen LogP contribution in [0.3, 0.4) is 0 Å². The Bertz CT molecular complexity index is 1410. The first-order valence-electron chi connectivity index (χ1n) is 12.8. The van der Waals surface area contributed by atoms with Crippen LogP contribution in [0.4, 0.5) is 0 Å². The maximum absolute atomic E-state index is 14.2. The molecule has 1 fully saturated rings. The number of esters is 1. The van der Waals surface area contributed by atoms with Crippen molar-refractivity contribution in [2.24, 2.45) is 17.8 Å². The van der Waals surface area contributed by atoms with Crippen molar-refractivity contribution >= 4 is 46.8 Å². The molecule has 1 saturated heterocycles. The third-order valence-corrected chi connectivity index (χ3v) is 9.50. The molecule has 3 aromatic carbocycles. The highest BCUT2D eigenvalue weighted by Gasteiger charge is 2.74. The van der Waals surface area contributed by atoms with Crippen molar-refractivity contribution < 1.29 is 23.9 Å². The Hall–Kier alpha value is -3.48. The topological polar surface area (TPSA) is 80.8 Å². The number of imide groups is 1. The standard InChI is InChI=1S/C31H25Cl2NO5/c1-17(2)26(29(38)39-16-23(35)18-10-4-3-5-11-18)34-27(36)24-25(28(34)37)31(33)20-13-7-6-12-19(20)30(24,32)21-14-8-9-15-22(21)31/h3-15,17,24-26H,16H2,1-2H3/t24-,25-,26-,30?,31?/m0/s1. The van der Waals surface area contributed by atoms with Gasteiger partial charge in [-0.3, -0.25) is 19.3 Å². The first kappa shape index (κ1) is 25.8. The molecule has 0 saturated carbocycles. The summed E-state index contributed by atoms with van der Waals surface area (Å²) in [6.45, 7) is 2.93. The molecule has 3 aliphatic carbocycles. The molecule has 4 aliphatic rings. The fourth-order valence-corrected chi connectivity index (χ4v) is 7.67. The van der Waals surface area contributed by atoms with Crippen LogP contribution in [0.25, 0.3) is 0 Å². The van der Waals surface area contributed by atoms with E-state index in [1.165, 1.54) is 0 Å². The maximum atomic E-state index is 14.2. The predicted octanol–water partition coefficient (Wildman–Crippen LogP) is 5.03. The summed E-state index contributed by atoms with van der Waals surface area (Å²) in [7, 11) is 0. The molecule has 0 N–H and O–H groups in total. The van der Waals surface area contributed by atoms with Crippen LogP contribution in [0.15, 0.2) is 78.9 Å². The lowest BCUT2D eigenvalue weighted by molar-refractivity contribution is -0.160. The molecule has 0 aromatic heterocycles. The smallest absolute Gasteiger partial charge is 0.330 e. The molecule has 2 bridgehead atoms. The van der Waals surface area contributed by atoms with E-state index in [1.807, 2.05) is 48.5 Å². The highest BCUT2D eigenvalue weighted by Crippen LogP contribution is 2.69. The molecule has 0 unspecified atom stereocenters. The van der Waals surface area contributed by atoms with Gasteiger partial charge in [0.05, 0.1) is 11.8 Å². The van der Waals surface area contributed by atoms with Gasteiger partial charge in [-0.2, -0.15) is 0 Å². The van der Waals surface area contributed by atoms with Gasteiger partial charge < -0.3 is 4.74 Å². The van der Waals surface area contributed by atoms with Crippen molar-refractivity contribution in [1.29, 1.82) is 0 Å². The summed E-state index contributed by atoms with van der Waals surface area (Å²) in [6, 6.07) is 21.9. The van der Waals surface area contributed by atoms with Crippen molar-refractivity contribution in [3.05, 3.63) is 107 Å². The lowest BCUT2D eigenvalue weighted by Crippen LogP contribution is -2.57.